The van der Waals surface area contributed by atoms with Gasteiger partial charge in [0.25, 0.3) is 0 Å². The summed E-state index contributed by atoms with van der Waals surface area (Å²) < 4.78 is 0. The Balaban J connectivity index is 1.88. The summed E-state index contributed by atoms with van der Waals surface area (Å²) in [4.78, 5) is 25.9. The maximum absolute atomic E-state index is 12.1. The molecule has 1 aromatic rings. The van der Waals surface area contributed by atoms with Gasteiger partial charge in [0.05, 0.1) is 6.54 Å². The Labute approximate surface area is 126 Å². The van der Waals surface area contributed by atoms with E-state index in [0.717, 1.165) is 19.3 Å². The number of rotatable bonds is 6. The zero-order valence-electron chi connectivity index (χ0n) is 12.9. The summed E-state index contributed by atoms with van der Waals surface area (Å²) in [6.07, 6.45) is 3.60. The Morgan fingerprint density at radius 2 is 1.90 bits per heavy atom. The van der Waals surface area contributed by atoms with E-state index in [0.29, 0.717) is 13.0 Å². The van der Waals surface area contributed by atoms with Crippen molar-refractivity contribution in [1.29, 1.82) is 0 Å². The highest BCUT2D eigenvalue weighted by atomic mass is 16.2. The molecule has 21 heavy (non-hydrogen) atoms. The quantitative estimate of drug-likeness (QED) is 0.815. The second-order valence-corrected chi connectivity index (χ2v) is 5.80. The molecule has 0 radical (unpaired) electrons. The highest BCUT2D eigenvalue weighted by molar-refractivity contribution is 5.97. The maximum Gasteiger partial charge on any atom is 0.246 e. The van der Waals surface area contributed by atoms with Crippen molar-refractivity contribution in [3.8, 4) is 0 Å². The fourth-order valence-electron chi connectivity index (χ4n) is 2.81. The lowest BCUT2D eigenvalue weighted by molar-refractivity contribution is -0.152. The first-order valence-electron chi connectivity index (χ1n) is 7.70. The predicted octanol–water partition coefficient (Wildman–Crippen LogP) is 2.14. The minimum absolute atomic E-state index is 0.0265. The van der Waals surface area contributed by atoms with Gasteiger partial charge in [0.2, 0.25) is 11.8 Å². The molecule has 1 N–H and O–H groups in total. The molecule has 0 saturated carbocycles. The number of carbonyl (C=O) groups excluding carboxylic acids is 2. The SMILES string of the molecule is CCC1(C)C(=O)NCC(=O)N1CCCCc1ccccc1. The number of nitrogens with zero attached hydrogens (tertiary/aromatic N) is 1. The van der Waals surface area contributed by atoms with Crippen LogP contribution in [0.4, 0.5) is 0 Å². The number of nitrogens with one attached hydrogen (secondary N) is 1. The topological polar surface area (TPSA) is 49.4 Å². The van der Waals surface area contributed by atoms with Crippen LogP contribution in [0.2, 0.25) is 0 Å². The molecular formula is C17H24N2O2. The van der Waals surface area contributed by atoms with E-state index in [1.165, 1.54) is 5.56 Å². The van der Waals surface area contributed by atoms with E-state index in [2.05, 4.69) is 17.4 Å². The normalized spacial score (nSPS) is 22.3. The Kier molecular flexibility index (Phi) is 4.99. The Morgan fingerprint density at radius 3 is 2.57 bits per heavy atom. The molecule has 1 unspecified atom stereocenters. The molecule has 1 heterocycles. The van der Waals surface area contributed by atoms with Gasteiger partial charge in [-0.3, -0.25) is 9.59 Å². The van der Waals surface area contributed by atoms with Crippen molar-refractivity contribution in [3.63, 3.8) is 0 Å². The first kappa shape index (κ1) is 15.5. The number of benzene rings is 1. The van der Waals surface area contributed by atoms with Crippen molar-refractivity contribution in [1.82, 2.24) is 10.2 Å². The van der Waals surface area contributed by atoms with Crippen LogP contribution in [0, 0.1) is 0 Å². The van der Waals surface area contributed by atoms with Crippen molar-refractivity contribution in [3.05, 3.63) is 35.9 Å². The number of piperazine rings is 1. The summed E-state index contributed by atoms with van der Waals surface area (Å²) in [5.74, 6) is -0.00804. The molecule has 4 heteroatoms. The lowest BCUT2D eigenvalue weighted by Crippen LogP contribution is -2.65. The predicted molar refractivity (Wildman–Crippen MR) is 82.8 cm³/mol. The van der Waals surface area contributed by atoms with Gasteiger partial charge >= 0.3 is 0 Å². The molecule has 1 aromatic carbocycles. The van der Waals surface area contributed by atoms with Crippen LogP contribution in [0.1, 0.15) is 38.7 Å². The molecule has 2 rings (SSSR count). The van der Waals surface area contributed by atoms with Crippen molar-refractivity contribution in [2.24, 2.45) is 0 Å². The Bertz CT molecular complexity index is 501. The minimum atomic E-state index is -0.692. The number of hydrogen-bond donors (Lipinski definition) is 1. The van der Waals surface area contributed by atoms with Gasteiger partial charge in [0.1, 0.15) is 5.54 Å². The molecule has 2 amide bonds. The third-order valence-electron chi connectivity index (χ3n) is 4.41. The van der Waals surface area contributed by atoms with Gasteiger partial charge in [0, 0.05) is 6.54 Å². The van der Waals surface area contributed by atoms with Crippen LogP contribution in [0.5, 0.6) is 0 Å². The van der Waals surface area contributed by atoms with Crippen LogP contribution < -0.4 is 5.32 Å². The summed E-state index contributed by atoms with van der Waals surface area (Å²) in [7, 11) is 0. The molecule has 1 aliphatic rings. The van der Waals surface area contributed by atoms with Crippen LogP contribution in [0.15, 0.2) is 30.3 Å². The van der Waals surface area contributed by atoms with Gasteiger partial charge in [-0.2, -0.15) is 0 Å². The summed E-state index contributed by atoms with van der Waals surface area (Å²) in [6, 6.07) is 10.3. The molecule has 114 valence electrons. The Hall–Kier alpha value is -1.84. The number of unbranched alkanes of at least 4 members (excludes halogenated alkanes) is 1. The fraction of sp³-hybridized carbons (Fsp3) is 0.529. The van der Waals surface area contributed by atoms with Crippen LogP contribution in [-0.2, 0) is 16.0 Å². The summed E-state index contributed by atoms with van der Waals surface area (Å²) in [5.41, 5.74) is 0.626. The smallest absolute Gasteiger partial charge is 0.246 e. The number of carbonyl (C=O) groups is 2. The molecule has 1 atom stereocenters. The number of aryl methyl sites for hydroxylation is 1. The molecule has 0 aromatic heterocycles. The molecule has 0 spiro atoms. The average Bonchev–Trinajstić information content (AvgIpc) is 2.51. The van der Waals surface area contributed by atoms with Gasteiger partial charge in [-0.25, -0.2) is 0 Å². The second kappa shape index (κ2) is 6.74. The lowest BCUT2D eigenvalue weighted by Gasteiger charge is -2.43. The van der Waals surface area contributed by atoms with E-state index in [4.69, 9.17) is 0 Å². The monoisotopic (exact) mass is 288 g/mol. The summed E-state index contributed by atoms with van der Waals surface area (Å²) in [6.45, 7) is 4.60. The van der Waals surface area contributed by atoms with E-state index in [1.807, 2.05) is 32.0 Å². The molecule has 1 saturated heterocycles. The third-order valence-corrected chi connectivity index (χ3v) is 4.41. The molecule has 0 bridgehead atoms. The third kappa shape index (κ3) is 3.43. The molecule has 4 nitrogen and oxygen atoms in total. The van der Waals surface area contributed by atoms with Gasteiger partial charge in [0.15, 0.2) is 0 Å². The van der Waals surface area contributed by atoms with E-state index in [9.17, 15) is 9.59 Å². The second-order valence-electron chi connectivity index (χ2n) is 5.80. The standard InChI is InChI=1S/C17H24N2O2/c1-3-17(2)16(21)18-13-15(20)19(17)12-8-7-11-14-9-5-4-6-10-14/h4-6,9-10H,3,7-8,11-13H2,1-2H3,(H,18,21). The molecule has 1 aliphatic heterocycles. The van der Waals surface area contributed by atoms with E-state index in [-0.39, 0.29) is 18.4 Å². The first-order valence-corrected chi connectivity index (χ1v) is 7.70. The van der Waals surface area contributed by atoms with Gasteiger partial charge < -0.3 is 10.2 Å². The maximum atomic E-state index is 12.1. The van der Waals surface area contributed by atoms with Crippen LogP contribution in [-0.4, -0.2) is 35.3 Å². The van der Waals surface area contributed by atoms with E-state index < -0.39 is 5.54 Å². The number of amides is 2. The zero-order valence-corrected chi connectivity index (χ0v) is 12.9. The van der Waals surface area contributed by atoms with Crippen molar-refractivity contribution in [2.75, 3.05) is 13.1 Å². The number of hydrogen-bond acceptors (Lipinski definition) is 2. The van der Waals surface area contributed by atoms with Crippen LogP contribution in [0.25, 0.3) is 0 Å². The van der Waals surface area contributed by atoms with Gasteiger partial charge in [-0.1, -0.05) is 37.3 Å². The summed E-state index contributed by atoms with van der Waals surface area (Å²) in [5, 5.41) is 2.69. The molecule has 0 aliphatic carbocycles. The molecule has 1 fully saturated rings. The van der Waals surface area contributed by atoms with Crippen LogP contribution in [0.3, 0.4) is 0 Å². The largest absolute Gasteiger partial charge is 0.345 e. The zero-order chi connectivity index (χ0) is 15.3. The van der Waals surface area contributed by atoms with Crippen molar-refractivity contribution in [2.45, 2.75) is 45.1 Å². The Morgan fingerprint density at radius 1 is 1.19 bits per heavy atom. The molecular weight excluding hydrogens is 264 g/mol. The highest BCUT2D eigenvalue weighted by Gasteiger charge is 2.43. The van der Waals surface area contributed by atoms with Crippen LogP contribution >= 0.6 is 0 Å². The fourth-order valence-corrected chi connectivity index (χ4v) is 2.81. The van der Waals surface area contributed by atoms with Crippen molar-refractivity contribution >= 4 is 11.8 Å². The minimum Gasteiger partial charge on any atom is -0.345 e. The van der Waals surface area contributed by atoms with Crippen molar-refractivity contribution < 1.29 is 9.59 Å². The highest BCUT2D eigenvalue weighted by Crippen LogP contribution is 2.23. The van der Waals surface area contributed by atoms with Gasteiger partial charge in [-0.15, -0.1) is 0 Å². The summed E-state index contributed by atoms with van der Waals surface area (Å²) >= 11 is 0. The first-order chi connectivity index (χ1) is 10.1. The lowest BCUT2D eigenvalue weighted by atomic mass is 9.92. The average molecular weight is 288 g/mol. The van der Waals surface area contributed by atoms with E-state index >= 15 is 0 Å². The van der Waals surface area contributed by atoms with Gasteiger partial charge in [-0.05, 0) is 38.2 Å². The van der Waals surface area contributed by atoms with E-state index in [1.54, 1.807) is 4.90 Å².